The van der Waals surface area contributed by atoms with Crippen LogP contribution in [-0.2, 0) is 0 Å². The van der Waals surface area contributed by atoms with Crippen molar-refractivity contribution in [1.82, 2.24) is 10.1 Å². The van der Waals surface area contributed by atoms with Gasteiger partial charge in [0, 0.05) is 17.8 Å². The lowest BCUT2D eigenvalue weighted by Gasteiger charge is -2.08. The lowest BCUT2D eigenvalue weighted by Crippen LogP contribution is -2.18. The minimum atomic E-state index is -1.71. The van der Waals surface area contributed by atoms with Gasteiger partial charge in [-0.15, -0.1) is 0 Å². The third kappa shape index (κ3) is 3.94. The van der Waals surface area contributed by atoms with Crippen molar-refractivity contribution < 1.29 is 27.3 Å². The summed E-state index contributed by atoms with van der Waals surface area (Å²) in [5.74, 6) is -5.45. The first-order valence-corrected chi connectivity index (χ1v) is 7.50. The van der Waals surface area contributed by atoms with E-state index in [1.165, 1.54) is 18.3 Å². The number of halogens is 3. The van der Waals surface area contributed by atoms with E-state index in [1.54, 1.807) is 6.92 Å². The van der Waals surface area contributed by atoms with Gasteiger partial charge < -0.3 is 15.2 Å². The molecule has 0 radical (unpaired) electrons. The Morgan fingerprint density at radius 2 is 1.78 bits per heavy atom. The largest absolute Gasteiger partial charge is 0.360 e. The number of anilines is 2. The predicted octanol–water partition coefficient (Wildman–Crippen LogP) is 3.30. The van der Waals surface area contributed by atoms with Gasteiger partial charge in [-0.05, 0) is 31.2 Å². The van der Waals surface area contributed by atoms with Crippen molar-refractivity contribution in [2.24, 2.45) is 0 Å². The Labute approximate surface area is 150 Å². The van der Waals surface area contributed by atoms with E-state index in [0.717, 1.165) is 12.1 Å². The van der Waals surface area contributed by atoms with Gasteiger partial charge in [0.1, 0.15) is 11.5 Å². The molecule has 138 valence electrons. The van der Waals surface area contributed by atoms with Crippen LogP contribution in [-0.4, -0.2) is 22.0 Å². The molecular weight excluding hydrogens is 365 g/mol. The van der Waals surface area contributed by atoms with E-state index in [-0.39, 0.29) is 17.1 Å². The molecule has 0 unspecified atom stereocenters. The fourth-order valence-electron chi connectivity index (χ4n) is 2.12. The van der Waals surface area contributed by atoms with Gasteiger partial charge in [-0.25, -0.2) is 13.2 Å². The summed E-state index contributed by atoms with van der Waals surface area (Å²) >= 11 is 0. The SMILES string of the molecule is Cc1cc(NC(=O)c2ccnc(C(=O)Nc3ccc(F)c(F)c3F)c2)no1. The highest BCUT2D eigenvalue weighted by molar-refractivity contribution is 6.07. The predicted molar refractivity (Wildman–Crippen MR) is 87.7 cm³/mol. The molecule has 0 spiro atoms. The van der Waals surface area contributed by atoms with Crippen molar-refractivity contribution in [3.63, 3.8) is 0 Å². The summed E-state index contributed by atoms with van der Waals surface area (Å²) in [6, 6.07) is 5.53. The highest BCUT2D eigenvalue weighted by Crippen LogP contribution is 2.20. The molecule has 2 amide bonds. The van der Waals surface area contributed by atoms with Gasteiger partial charge in [0.05, 0.1) is 5.69 Å². The summed E-state index contributed by atoms with van der Waals surface area (Å²) in [6.07, 6.45) is 1.19. The first-order valence-electron chi connectivity index (χ1n) is 7.50. The average molecular weight is 376 g/mol. The minimum absolute atomic E-state index is 0.0709. The van der Waals surface area contributed by atoms with Crippen molar-refractivity contribution >= 4 is 23.3 Å². The number of carbonyl (C=O) groups is 2. The molecule has 2 aromatic heterocycles. The smallest absolute Gasteiger partial charge is 0.274 e. The zero-order chi connectivity index (χ0) is 19.6. The third-order valence-electron chi connectivity index (χ3n) is 3.41. The molecule has 0 fully saturated rings. The summed E-state index contributed by atoms with van der Waals surface area (Å²) < 4.78 is 44.7. The Kier molecular flexibility index (Phi) is 4.88. The van der Waals surface area contributed by atoms with Crippen LogP contribution in [0, 0.1) is 24.4 Å². The van der Waals surface area contributed by atoms with Crippen LogP contribution in [0.2, 0.25) is 0 Å². The van der Waals surface area contributed by atoms with Crippen LogP contribution < -0.4 is 10.6 Å². The number of pyridine rings is 1. The fourth-order valence-corrected chi connectivity index (χ4v) is 2.12. The summed E-state index contributed by atoms with van der Waals surface area (Å²) in [7, 11) is 0. The summed E-state index contributed by atoms with van der Waals surface area (Å²) in [4.78, 5) is 28.2. The van der Waals surface area contributed by atoms with Crippen LogP contribution in [0.4, 0.5) is 24.7 Å². The van der Waals surface area contributed by atoms with Crippen molar-refractivity contribution in [3.8, 4) is 0 Å². The Bertz CT molecular complexity index is 1040. The number of nitrogens with zero attached hydrogens (tertiary/aromatic N) is 2. The van der Waals surface area contributed by atoms with Crippen LogP contribution >= 0.6 is 0 Å². The van der Waals surface area contributed by atoms with Crippen molar-refractivity contribution in [2.45, 2.75) is 6.92 Å². The summed E-state index contributed by atoms with van der Waals surface area (Å²) in [5.41, 5.74) is -0.724. The van der Waals surface area contributed by atoms with Gasteiger partial charge in [0.25, 0.3) is 11.8 Å². The van der Waals surface area contributed by atoms with Gasteiger partial charge in [-0.1, -0.05) is 5.16 Å². The van der Waals surface area contributed by atoms with E-state index in [1.807, 2.05) is 0 Å². The monoisotopic (exact) mass is 376 g/mol. The second-order valence-electron chi connectivity index (χ2n) is 5.38. The summed E-state index contributed by atoms with van der Waals surface area (Å²) in [6.45, 7) is 1.65. The normalized spacial score (nSPS) is 10.5. The fraction of sp³-hybridized carbons (Fsp3) is 0.0588. The molecule has 27 heavy (non-hydrogen) atoms. The van der Waals surface area contributed by atoms with Gasteiger partial charge in [0.15, 0.2) is 23.3 Å². The molecule has 10 heteroatoms. The average Bonchev–Trinajstić information content (AvgIpc) is 3.07. The van der Waals surface area contributed by atoms with Crippen molar-refractivity contribution in [3.05, 3.63) is 71.0 Å². The molecule has 0 saturated carbocycles. The maximum Gasteiger partial charge on any atom is 0.274 e. The Morgan fingerprint density at radius 1 is 1.00 bits per heavy atom. The van der Waals surface area contributed by atoms with Crippen molar-refractivity contribution in [2.75, 3.05) is 10.6 Å². The molecule has 2 N–H and O–H groups in total. The zero-order valence-corrected chi connectivity index (χ0v) is 13.7. The Hall–Kier alpha value is -3.69. The number of nitrogens with one attached hydrogen (secondary N) is 2. The third-order valence-corrected chi connectivity index (χ3v) is 3.41. The molecule has 7 nitrogen and oxygen atoms in total. The second-order valence-corrected chi connectivity index (χ2v) is 5.38. The molecule has 0 atom stereocenters. The zero-order valence-electron chi connectivity index (χ0n) is 13.7. The Morgan fingerprint density at radius 3 is 2.48 bits per heavy atom. The maximum atomic E-state index is 13.7. The number of aryl methyl sites for hydroxylation is 1. The lowest BCUT2D eigenvalue weighted by atomic mass is 10.2. The molecule has 3 rings (SSSR count). The lowest BCUT2D eigenvalue weighted by molar-refractivity contribution is 0.102. The molecule has 1 aromatic carbocycles. The van der Waals surface area contributed by atoms with Crippen LogP contribution in [0.3, 0.4) is 0 Å². The second kappa shape index (κ2) is 7.28. The molecule has 2 heterocycles. The topological polar surface area (TPSA) is 97.1 Å². The molecule has 0 aliphatic rings. The molecule has 0 bridgehead atoms. The first kappa shape index (κ1) is 18.1. The van der Waals surface area contributed by atoms with Crippen molar-refractivity contribution in [1.29, 1.82) is 0 Å². The van der Waals surface area contributed by atoms with E-state index in [2.05, 4.69) is 20.8 Å². The van der Waals surface area contributed by atoms with Gasteiger partial charge in [-0.3, -0.25) is 14.6 Å². The molecule has 3 aromatic rings. The van der Waals surface area contributed by atoms with Gasteiger partial charge >= 0.3 is 0 Å². The quantitative estimate of drug-likeness (QED) is 0.681. The summed E-state index contributed by atoms with van der Waals surface area (Å²) in [5, 5.41) is 8.14. The molecule has 0 saturated heterocycles. The maximum absolute atomic E-state index is 13.7. The van der Waals surface area contributed by atoms with E-state index in [0.29, 0.717) is 11.8 Å². The van der Waals surface area contributed by atoms with Crippen LogP contribution in [0.25, 0.3) is 0 Å². The number of rotatable bonds is 4. The number of benzene rings is 1. The van der Waals surface area contributed by atoms with Crippen LogP contribution in [0.15, 0.2) is 41.1 Å². The molecule has 0 aliphatic carbocycles. The minimum Gasteiger partial charge on any atom is -0.360 e. The van der Waals surface area contributed by atoms with Crippen LogP contribution in [0.5, 0.6) is 0 Å². The van der Waals surface area contributed by atoms with E-state index >= 15 is 0 Å². The number of carbonyl (C=O) groups excluding carboxylic acids is 2. The molecule has 0 aliphatic heterocycles. The van der Waals surface area contributed by atoms with E-state index in [4.69, 9.17) is 4.52 Å². The Balaban J connectivity index is 1.77. The van der Waals surface area contributed by atoms with Crippen LogP contribution in [0.1, 0.15) is 26.6 Å². The van der Waals surface area contributed by atoms with Gasteiger partial charge in [0.2, 0.25) is 0 Å². The first-order chi connectivity index (χ1) is 12.8. The van der Waals surface area contributed by atoms with E-state index < -0.39 is 35.0 Å². The highest BCUT2D eigenvalue weighted by Gasteiger charge is 2.18. The number of aromatic nitrogens is 2. The van der Waals surface area contributed by atoms with Gasteiger partial charge in [-0.2, -0.15) is 0 Å². The number of hydrogen-bond acceptors (Lipinski definition) is 5. The van der Waals surface area contributed by atoms with E-state index in [9.17, 15) is 22.8 Å². The number of hydrogen-bond donors (Lipinski definition) is 2. The standard InChI is InChI=1S/C17H11F3N4O3/c1-8-6-13(24-27-8)23-16(25)9-4-5-21-12(7-9)17(26)22-11-3-2-10(18)14(19)15(11)20/h2-7H,1H3,(H,22,26)(H,23,24,25). The highest BCUT2D eigenvalue weighted by atomic mass is 19.2. The number of amides is 2. The molecular formula is C17H11F3N4O3.